The van der Waals surface area contributed by atoms with E-state index in [4.69, 9.17) is 23.2 Å². The molecule has 2 aromatic rings. The first-order chi connectivity index (χ1) is 9.61. The summed E-state index contributed by atoms with van der Waals surface area (Å²) in [6, 6.07) is 14.9. The maximum atomic E-state index is 9.80. The Balaban J connectivity index is 2.36. The Morgan fingerprint density at radius 3 is 2.05 bits per heavy atom. The third-order valence-electron chi connectivity index (χ3n) is 3.52. The highest BCUT2D eigenvalue weighted by Gasteiger charge is 2.31. The lowest BCUT2D eigenvalue weighted by Gasteiger charge is -2.30. The van der Waals surface area contributed by atoms with Crippen molar-refractivity contribution in [3.8, 4) is 0 Å². The SMILES string of the molecule is OCC(CO)(Cc1ccc(Cl)c(Cl)c1)c1ccccc1. The van der Waals surface area contributed by atoms with Gasteiger partial charge in [-0.15, -0.1) is 0 Å². The van der Waals surface area contributed by atoms with E-state index in [9.17, 15) is 10.2 Å². The van der Waals surface area contributed by atoms with Gasteiger partial charge in [-0.05, 0) is 29.7 Å². The molecule has 2 nitrogen and oxygen atoms in total. The quantitative estimate of drug-likeness (QED) is 0.888. The maximum Gasteiger partial charge on any atom is 0.0595 e. The Kier molecular flexibility index (Phi) is 5.06. The Labute approximate surface area is 128 Å². The van der Waals surface area contributed by atoms with E-state index >= 15 is 0 Å². The highest BCUT2D eigenvalue weighted by Crippen LogP contribution is 2.30. The van der Waals surface area contributed by atoms with E-state index in [2.05, 4.69) is 0 Å². The molecular weight excluding hydrogens is 295 g/mol. The van der Waals surface area contributed by atoms with Crippen LogP contribution in [0.15, 0.2) is 48.5 Å². The third kappa shape index (κ3) is 3.15. The number of halogens is 2. The molecule has 0 fully saturated rings. The molecule has 106 valence electrons. The standard InChI is InChI=1S/C16H16Cl2O2/c17-14-7-6-12(8-15(14)18)9-16(10-19,11-20)13-4-2-1-3-5-13/h1-8,19-20H,9-11H2. The molecule has 2 N–H and O–H groups in total. The minimum Gasteiger partial charge on any atom is -0.395 e. The summed E-state index contributed by atoms with van der Waals surface area (Å²) in [5.74, 6) is 0. The molecule has 0 aliphatic heterocycles. The van der Waals surface area contributed by atoms with Crippen LogP contribution in [-0.2, 0) is 11.8 Å². The summed E-state index contributed by atoms with van der Waals surface area (Å²) in [5, 5.41) is 20.6. The van der Waals surface area contributed by atoms with Crippen LogP contribution >= 0.6 is 23.2 Å². The fourth-order valence-electron chi connectivity index (χ4n) is 2.28. The molecule has 2 aromatic carbocycles. The second kappa shape index (κ2) is 6.59. The Morgan fingerprint density at radius 2 is 1.50 bits per heavy atom. The molecule has 0 bridgehead atoms. The third-order valence-corrected chi connectivity index (χ3v) is 4.26. The summed E-state index contributed by atoms with van der Waals surface area (Å²) in [6.45, 7) is -0.290. The smallest absolute Gasteiger partial charge is 0.0595 e. The van der Waals surface area contributed by atoms with Crippen molar-refractivity contribution in [1.82, 2.24) is 0 Å². The molecule has 0 unspecified atom stereocenters. The van der Waals surface area contributed by atoms with Gasteiger partial charge in [-0.1, -0.05) is 59.6 Å². The van der Waals surface area contributed by atoms with Gasteiger partial charge in [0.2, 0.25) is 0 Å². The fraction of sp³-hybridized carbons (Fsp3) is 0.250. The Bertz CT molecular complexity index is 566. The Hall–Kier alpha value is -1.06. The van der Waals surface area contributed by atoms with Gasteiger partial charge < -0.3 is 10.2 Å². The lowest BCUT2D eigenvalue weighted by molar-refractivity contribution is 0.116. The molecule has 2 rings (SSSR count). The van der Waals surface area contributed by atoms with Crippen molar-refractivity contribution in [2.75, 3.05) is 13.2 Å². The molecule has 0 saturated carbocycles. The summed E-state index contributed by atoms with van der Waals surface area (Å²) in [5.41, 5.74) is 1.10. The van der Waals surface area contributed by atoms with Crippen molar-refractivity contribution < 1.29 is 10.2 Å². The highest BCUT2D eigenvalue weighted by molar-refractivity contribution is 6.42. The average Bonchev–Trinajstić information content (AvgIpc) is 2.49. The van der Waals surface area contributed by atoms with Gasteiger partial charge in [0.25, 0.3) is 0 Å². The molecule has 0 saturated heterocycles. The molecule has 20 heavy (non-hydrogen) atoms. The maximum absolute atomic E-state index is 9.80. The molecule has 0 heterocycles. The van der Waals surface area contributed by atoms with E-state index in [0.29, 0.717) is 16.5 Å². The first-order valence-electron chi connectivity index (χ1n) is 6.32. The van der Waals surface area contributed by atoms with Crippen LogP contribution in [0.25, 0.3) is 0 Å². The van der Waals surface area contributed by atoms with Gasteiger partial charge in [0.1, 0.15) is 0 Å². The Morgan fingerprint density at radius 1 is 0.850 bits per heavy atom. The van der Waals surface area contributed by atoms with Crippen LogP contribution in [0.2, 0.25) is 10.0 Å². The minimum atomic E-state index is -0.724. The largest absolute Gasteiger partial charge is 0.395 e. The second-order valence-corrected chi connectivity index (χ2v) is 5.70. The average molecular weight is 311 g/mol. The fourth-order valence-corrected chi connectivity index (χ4v) is 2.60. The first-order valence-corrected chi connectivity index (χ1v) is 7.08. The summed E-state index contributed by atoms with van der Waals surface area (Å²) >= 11 is 11.9. The van der Waals surface area contributed by atoms with Crippen LogP contribution in [0.4, 0.5) is 0 Å². The van der Waals surface area contributed by atoms with Crippen molar-refractivity contribution in [3.63, 3.8) is 0 Å². The number of aliphatic hydroxyl groups is 2. The number of hydrogen-bond donors (Lipinski definition) is 2. The van der Waals surface area contributed by atoms with Crippen LogP contribution < -0.4 is 0 Å². The predicted octanol–water partition coefficient (Wildman–Crippen LogP) is 3.46. The molecule has 0 aliphatic rings. The number of rotatable bonds is 5. The zero-order valence-electron chi connectivity index (χ0n) is 10.9. The van der Waals surface area contributed by atoms with Gasteiger partial charge in [-0.3, -0.25) is 0 Å². The van der Waals surface area contributed by atoms with E-state index < -0.39 is 5.41 Å². The van der Waals surface area contributed by atoms with Gasteiger partial charge in [0.15, 0.2) is 0 Å². The van der Waals surface area contributed by atoms with Gasteiger partial charge >= 0.3 is 0 Å². The van der Waals surface area contributed by atoms with Gasteiger partial charge in [-0.2, -0.15) is 0 Å². The lowest BCUT2D eigenvalue weighted by Crippen LogP contribution is -2.37. The normalized spacial score (nSPS) is 11.6. The summed E-state index contributed by atoms with van der Waals surface area (Å²) in [7, 11) is 0. The van der Waals surface area contributed by atoms with E-state index in [1.165, 1.54) is 0 Å². The molecule has 0 spiro atoms. The van der Waals surface area contributed by atoms with E-state index in [1.807, 2.05) is 36.4 Å². The molecule has 0 aromatic heterocycles. The highest BCUT2D eigenvalue weighted by atomic mass is 35.5. The topological polar surface area (TPSA) is 40.5 Å². The van der Waals surface area contributed by atoms with Gasteiger partial charge in [0, 0.05) is 5.41 Å². The zero-order valence-corrected chi connectivity index (χ0v) is 12.4. The lowest BCUT2D eigenvalue weighted by atomic mass is 9.77. The molecular formula is C16H16Cl2O2. The van der Waals surface area contributed by atoms with Crippen molar-refractivity contribution >= 4 is 23.2 Å². The van der Waals surface area contributed by atoms with Crippen LogP contribution in [0.5, 0.6) is 0 Å². The second-order valence-electron chi connectivity index (χ2n) is 4.89. The number of benzene rings is 2. The van der Waals surface area contributed by atoms with Crippen molar-refractivity contribution in [1.29, 1.82) is 0 Å². The van der Waals surface area contributed by atoms with Gasteiger partial charge in [0.05, 0.1) is 23.3 Å². The van der Waals surface area contributed by atoms with E-state index in [-0.39, 0.29) is 13.2 Å². The van der Waals surface area contributed by atoms with Gasteiger partial charge in [-0.25, -0.2) is 0 Å². The van der Waals surface area contributed by atoms with Crippen molar-refractivity contribution in [2.45, 2.75) is 11.8 Å². The number of hydrogen-bond acceptors (Lipinski definition) is 2. The summed E-state index contributed by atoms with van der Waals surface area (Å²) < 4.78 is 0. The minimum absolute atomic E-state index is 0.145. The van der Waals surface area contributed by atoms with E-state index in [1.54, 1.807) is 12.1 Å². The van der Waals surface area contributed by atoms with Crippen LogP contribution in [0, 0.1) is 0 Å². The molecule has 0 radical (unpaired) electrons. The summed E-state index contributed by atoms with van der Waals surface area (Å²) in [4.78, 5) is 0. The number of aliphatic hydroxyl groups excluding tert-OH is 2. The molecule has 0 amide bonds. The van der Waals surface area contributed by atoms with Crippen LogP contribution in [-0.4, -0.2) is 23.4 Å². The molecule has 0 aliphatic carbocycles. The van der Waals surface area contributed by atoms with Crippen LogP contribution in [0.1, 0.15) is 11.1 Å². The summed E-state index contributed by atoms with van der Waals surface area (Å²) in [6.07, 6.45) is 0.487. The molecule has 0 atom stereocenters. The van der Waals surface area contributed by atoms with Crippen molar-refractivity contribution in [2.24, 2.45) is 0 Å². The van der Waals surface area contributed by atoms with Crippen molar-refractivity contribution in [3.05, 3.63) is 69.7 Å². The zero-order chi connectivity index (χ0) is 14.6. The monoisotopic (exact) mass is 310 g/mol. The first kappa shape index (κ1) is 15.3. The van der Waals surface area contributed by atoms with Crippen LogP contribution in [0.3, 0.4) is 0 Å². The predicted molar refractivity (Wildman–Crippen MR) is 82.5 cm³/mol. The van der Waals surface area contributed by atoms with E-state index in [0.717, 1.165) is 11.1 Å². The molecule has 4 heteroatoms.